The quantitative estimate of drug-likeness (QED) is 0.740. The van der Waals surface area contributed by atoms with Crippen molar-refractivity contribution in [2.45, 2.75) is 18.2 Å². The Hall–Kier alpha value is -2.19. The average Bonchev–Trinajstić information content (AvgIpc) is 2.69. The highest BCUT2D eigenvalue weighted by Crippen LogP contribution is 2.26. The van der Waals surface area contributed by atoms with Gasteiger partial charge < -0.3 is 4.90 Å². The van der Waals surface area contributed by atoms with Gasteiger partial charge in [-0.3, -0.25) is 24.0 Å². The highest BCUT2D eigenvalue weighted by Gasteiger charge is 2.31. The van der Waals surface area contributed by atoms with E-state index in [1.165, 1.54) is 24.0 Å². The molecule has 2 aromatic heterocycles. The molecule has 4 heterocycles. The molecule has 1 unspecified atom stereocenters. The number of amides is 1. The third-order valence-electron chi connectivity index (χ3n) is 4.86. The largest absolute Gasteiger partial charge is 0.340 e. The molecule has 1 atom stereocenters. The minimum atomic E-state index is -0.156. The molecular formula is C18H21N5O2S. The van der Waals surface area contributed by atoms with Gasteiger partial charge in [0.1, 0.15) is 0 Å². The van der Waals surface area contributed by atoms with Crippen molar-refractivity contribution in [3.05, 3.63) is 52.7 Å². The first-order valence-electron chi connectivity index (χ1n) is 8.80. The van der Waals surface area contributed by atoms with Crippen LogP contribution in [0.5, 0.6) is 0 Å². The second-order valence-electron chi connectivity index (χ2n) is 6.61. The van der Waals surface area contributed by atoms with Crippen LogP contribution in [0, 0.1) is 5.92 Å². The number of nitrogens with zero attached hydrogens (tertiary/aromatic N) is 5. The zero-order valence-corrected chi connectivity index (χ0v) is 15.3. The number of fused-ring (bicyclic) bond motifs is 1. The monoisotopic (exact) mass is 371 g/mol. The van der Waals surface area contributed by atoms with E-state index in [2.05, 4.69) is 14.9 Å². The Morgan fingerprint density at radius 3 is 2.73 bits per heavy atom. The Labute approximate surface area is 156 Å². The summed E-state index contributed by atoms with van der Waals surface area (Å²) in [5.74, 6) is 0.678. The van der Waals surface area contributed by atoms with Crippen molar-refractivity contribution in [1.82, 2.24) is 24.3 Å². The molecule has 1 saturated heterocycles. The van der Waals surface area contributed by atoms with Crippen LogP contribution in [0.25, 0.3) is 0 Å². The zero-order chi connectivity index (χ0) is 17.9. The molecule has 0 bridgehead atoms. The summed E-state index contributed by atoms with van der Waals surface area (Å²) in [4.78, 5) is 37.7. The van der Waals surface area contributed by atoms with Crippen LogP contribution in [0.15, 0.2) is 46.6 Å². The second-order valence-corrected chi connectivity index (χ2v) is 7.59. The Bertz CT molecular complexity index is 833. The maximum absolute atomic E-state index is 12.9. The maximum Gasteiger partial charge on any atom is 0.254 e. The van der Waals surface area contributed by atoms with Crippen LogP contribution in [0.3, 0.4) is 0 Å². The lowest BCUT2D eigenvalue weighted by Crippen LogP contribution is -2.51. The van der Waals surface area contributed by atoms with Gasteiger partial charge in [0.05, 0.1) is 11.6 Å². The predicted molar refractivity (Wildman–Crippen MR) is 98.8 cm³/mol. The van der Waals surface area contributed by atoms with Crippen molar-refractivity contribution in [2.24, 2.45) is 5.92 Å². The topological polar surface area (TPSA) is 71.3 Å². The molecule has 0 saturated carbocycles. The minimum absolute atomic E-state index is 0.0832. The van der Waals surface area contributed by atoms with Gasteiger partial charge in [0.25, 0.3) is 5.56 Å². The molecule has 0 spiro atoms. The predicted octanol–water partition coefficient (Wildman–Crippen LogP) is 0.705. The molecule has 1 amide bonds. The van der Waals surface area contributed by atoms with Crippen LogP contribution in [0.1, 0.15) is 5.69 Å². The Morgan fingerprint density at radius 2 is 1.96 bits per heavy atom. The molecule has 2 aromatic rings. The smallest absolute Gasteiger partial charge is 0.254 e. The van der Waals surface area contributed by atoms with Crippen LogP contribution in [0.2, 0.25) is 0 Å². The summed E-state index contributed by atoms with van der Waals surface area (Å²) in [6, 6.07) is 7.39. The van der Waals surface area contributed by atoms with Crippen LogP contribution >= 0.6 is 11.8 Å². The average molecular weight is 371 g/mol. The lowest BCUT2D eigenvalue weighted by atomic mass is 10.1. The van der Waals surface area contributed by atoms with E-state index in [4.69, 9.17) is 0 Å². The van der Waals surface area contributed by atoms with Gasteiger partial charge in [-0.1, -0.05) is 17.8 Å². The van der Waals surface area contributed by atoms with Crippen LogP contribution < -0.4 is 5.56 Å². The molecule has 0 aliphatic carbocycles. The summed E-state index contributed by atoms with van der Waals surface area (Å²) >= 11 is 1.49. The molecular weight excluding hydrogens is 350 g/mol. The minimum Gasteiger partial charge on any atom is -0.340 e. The van der Waals surface area contributed by atoms with Gasteiger partial charge in [-0.15, -0.1) is 0 Å². The first kappa shape index (κ1) is 17.2. The summed E-state index contributed by atoms with van der Waals surface area (Å²) in [6.07, 6.45) is 3.34. The van der Waals surface area contributed by atoms with E-state index in [-0.39, 0.29) is 17.4 Å². The lowest BCUT2D eigenvalue weighted by Gasteiger charge is -2.37. The fourth-order valence-electron chi connectivity index (χ4n) is 3.40. The fraction of sp³-hybridized carbons (Fsp3) is 0.444. The number of pyridine rings is 1. The van der Waals surface area contributed by atoms with Crippen molar-refractivity contribution in [3.8, 4) is 0 Å². The Morgan fingerprint density at radius 1 is 1.12 bits per heavy atom. The summed E-state index contributed by atoms with van der Waals surface area (Å²) in [7, 11) is 0. The van der Waals surface area contributed by atoms with Gasteiger partial charge in [-0.2, -0.15) is 0 Å². The van der Waals surface area contributed by atoms with Crippen LogP contribution in [-0.4, -0.2) is 62.2 Å². The number of thioether (sulfide) groups is 1. The van der Waals surface area contributed by atoms with Crippen molar-refractivity contribution >= 4 is 17.7 Å². The van der Waals surface area contributed by atoms with Gasteiger partial charge in [0.2, 0.25) is 5.91 Å². The fourth-order valence-corrected chi connectivity index (χ4v) is 4.46. The van der Waals surface area contributed by atoms with Crippen LogP contribution in [-0.2, 0) is 17.9 Å². The van der Waals surface area contributed by atoms with E-state index in [1.54, 1.807) is 4.57 Å². The van der Waals surface area contributed by atoms with Gasteiger partial charge in [0.15, 0.2) is 5.16 Å². The normalized spacial score (nSPS) is 20.6. The van der Waals surface area contributed by atoms with E-state index in [1.807, 2.05) is 29.3 Å². The van der Waals surface area contributed by atoms with Gasteiger partial charge in [-0.25, -0.2) is 4.98 Å². The Balaban J connectivity index is 1.34. The Kier molecular flexibility index (Phi) is 5.03. The SMILES string of the molecule is O=C(C1CSc2nccc(=O)n2C1)N1CCN(Cc2ccccn2)CC1. The third-order valence-corrected chi connectivity index (χ3v) is 6.01. The van der Waals surface area contributed by atoms with E-state index in [9.17, 15) is 9.59 Å². The molecule has 0 aromatic carbocycles. The van der Waals surface area contributed by atoms with Crippen molar-refractivity contribution in [3.63, 3.8) is 0 Å². The molecule has 2 aliphatic heterocycles. The number of rotatable bonds is 3. The number of piperazine rings is 1. The van der Waals surface area contributed by atoms with Gasteiger partial charge >= 0.3 is 0 Å². The first-order chi connectivity index (χ1) is 12.7. The second kappa shape index (κ2) is 7.59. The molecule has 0 N–H and O–H groups in total. The number of carbonyl (C=O) groups excluding carboxylic acids is 1. The number of hydrogen-bond donors (Lipinski definition) is 0. The van der Waals surface area contributed by atoms with Crippen LogP contribution in [0.4, 0.5) is 0 Å². The van der Waals surface area contributed by atoms with E-state index in [0.717, 1.165) is 38.4 Å². The summed E-state index contributed by atoms with van der Waals surface area (Å²) in [5, 5.41) is 0.710. The molecule has 2 aliphatic rings. The molecule has 4 rings (SSSR count). The zero-order valence-electron chi connectivity index (χ0n) is 14.5. The third kappa shape index (κ3) is 3.66. The van der Waals surface area contributed by atoms with Gasteiger partial charge in [0, 0.05) is 63.5 Å². The summed E-state index contributed by atoms with van der Waals surface area (Å²) in [5.41, 5.74) is 0.972. The number of carbonyl (C=O) groups is 1. The molecule has 8 heteroatoms. The highest BCUT2D eigenvalue weighted by atomic mass is 32.2. The molecule has 136 valence electrons. The van der Waals surface area contributed by atoms with Gasteiger partial charge in [-0.05, 0) is 12.1 Å². The first-order valence-corrected chi connectivity index (χ1v) is 9.79. The van der Waals surface area contributed by atoms with E-state index < -0.39 is 0 Å². The molecule has 7 nitrogen and oxygen atoms in total. The van der Waals surface area contributed by atoms with E-state index in [0.29, 0.717) is 17.5 Å². The lowest BCUT2D eigenvalue weighted by molar-refractivity contribution is -0.137. The van der Waals surface area contributed by atoms with Crippen molar-refractivity contribution in [1.29, 1.82) is 0 Å². The standard InChI is InChI=1S/C18H21N5O2S/c24-16-4-6-20-18-23(16)11-14(13-26-18)17(25)22-9-7-21(8-10-22)12-15-3-1-2-5-19-15/h1-6,14H,7-13H2. The molecule has 0 radical (unpaired) electrons. The van der Waals surface area contributed by atoms with E-state index >= 15 is 0 Å². The summed E-state index contributed by atoms with van der Waals surface area (Å²) in [6.45, 7) is 4.39. The number of aromatic nitrogens is 3. The van der Waals surface area contributed by atoms with Crippen molar-refractivity contribution in [2.75, 3.05) is 31.9 Å². The molecule has 1 fully saturated rings. The van der Waals surface area contributed by atoms with Crippen molar-refractivity contribution < 1.29 is 4.79 Å². The highest BCUT2D eigenvalue weighted by molar-refractivity contribution is 7.99. The number of hydrogen-bond acceptors (Lipinski definition) is 6. The summed E-state index contributed by atoms with van der Waals surface area (Å²) < 4.78 is 1.62. The maximum atomic E-state index is 12.9. The molecule has 26 heavy (non-hydrogen) atoms.